The summed E-state index contributed by atoms with van der Waals surface area (Å²) in [4.78, 5) is 16.7. The van der Waals surface area contributed by atoms with Crippen molar-refractivity contribution >= 4 is 5.82 Å². The lowest BCUT2D eigenvalue weighted by molar-refractivity contribution is -0.274. The number of hydrogen-bond donors (Lipinski definition) is 2. The summed E-state index contributed by atoms with van der Waals surface area (Å²) in [5.41, 5.74) is 0.443. The van der Waals surface area contributed by atoms with Crippen LogP contribution in [0.1, 0.15) is 5.56 Å². The number of imidazole rings is 1. The van der Waals surface area contributed by atoms with E-state index >= 15 is 0 Å². The summed E-state index contributed by atoms with van der Waals surface area (Å²) in [6.07, 6.45) is -1.97. The maximum absolute atomic E-state index is 12.6. The molecule has 10 heteroatoms. The minimum absolute atomic E-state index is 0.186. The summed E-state index contributed by atoms with van der Waals surface area (Å²) in [5.74, 6) is -0.133. The Balaban J connectivity index is 1.88. The number of nitrogens with zero attached hydrogens (tertiary/aromatic N) is 3. The molecule has 0 aliphatic rings. The Labute approximate surface area is 151 Å². The van der Waals surface area contributed by atoms with Crippen LogP contribution in [0.4, 0.5) is 19.0 Å². The van der Waals surface area contributed by atoms with Gasteiger partial charge in [0, 0.05) is 13.2 Å². The average molecular weight is 380 g/mol. The Morgan fingerprint density at radius 1 is 1.22 bits per heavy atom. The summed E-state index contributed by atoms with van der Waals surface area (Å²) in [6.45, 7) is 0.186. The number of rotatable bonds is 5. The van der Waals surface area contributed by atoms with E-state index in [1.54, 1.807) is 25.4 Å². The minimum atomic E-state index is -4.80. The largest absolute Gasteiger partial charge is 0.573 e. The number of alkyl halides is 3. The lowest BCUT2D eigenvalue weighted by atomic mass is 10.2. The van der Waals surface area contributed by atoms with Crippen molar-refractivity contribution in [2.75, 3.05) is 12.4 Å². The highest BCUT2D eigenvalue weighted by atomic mass is 19.4. The smallest absolute Gasteiger partial charge is 0.493 e. The predicted octanol–water partition coefficient (Wildman–Crippen LogP) is 2.73. The number of halogens is 3. The molecule has 0 saturated carbocycles. The van der Waals surface area contributed by atoms with Crippen molar-refractivity contribution < 1.29 is 23.0 Å². The topological polar surface area (TPSA) is 81.3 Å². The SMILES string of the molecule is CNc1cc(Cn2cc(O)n(-c3ccc(OC(F)(F)F)cc3)c2=O)ccn1. The maximum atomic E-state index is 12.6. The van der Waals surface area contributed by atoms with E-state index in [4.69, 9.17) is 0 Å². The van der Waals surface area contributed by atoms with Gasteiger partial charge in [0.15, 0.2) is 0 Å². The van der Waals surface area contributed by atoms with Crippen LogP contribution in [0.2, 0.25) is 0 Å². The van der Waals surface area contributed by atoms with Gasteiger partial charge >= 0.3 is 12.1 Å². The molecular formula is C17H15F3N4O3. The van der Waals surface area contributed by atoms with Crippen molar-refractivity contribution in [2.45, 2.75) is 12.9 Å². The van der Waals surface area contributed by atoms with Gasteiger partial charge in [-0.05, 0) is 42.0 Å². The van der Waals surface area contributed by atoms with E-state index in [0.717, 1.165) is 22.3 Å². The van der Waals surface area contributed by atoms with Crippen LogP contribution in [-0.2, 0) is 6.54 Å². The molecule has 0 aliphatic heterocycles. The molecule has 3 aromatic rings. The second-order valence-corrected chi connectivity index (χ2v) is 5.57. The molecule has 0 atom stereocenters. The Kier molecular flexibility index (Phi) is 4.80. The van der Waals surface area contributed by atoms with Crippen molar-refractivity contribution in [3.63, 3.8) is 0 Å². The number of benzene rings is 1. The molecule has 1 aromatic carbocycles. The van der Waals surface area contributed by atoms with Crippen molar-refractivity contribution in [3.8, 4) is 17.3 Å². The summed E-state index contributed by atoms with van der Waals surface area (Å²) < 4.78 is 42.7. The average Bonchev–Trinajstić information content (AvgIpc) is 2.88. The first-order valence-electron chi connectivity index (χ1n) is 7.77. The number of hydrogen-bond acceptors (Lipinski definition) is 5. The van der Waals surface area contributed by atoms with Gasteiger partial charge in [-0.2, -0.15) is 0 Å². The van der Waals surface area contributed by atoms with Crippen molar-refractivity contribution in [1.29, 1.82) is 0 Å². The summed E-state index contributed by atoms with van der Waals surface area (Å²) in [6, 6.07) is 8.10. The van der Waals surface area contributed by atoms with Gasteiger partial charge in [-0.1, -0.05) is 0 Å². The molecule has 0 aliphatic carbocycles. The van der Waals surface area contributed by atoms with Crippen LogP contribution < -0.4 is 15.7 Å². The van der Waals surface area contributed by atoms with E-state index in [9.17, 15) is 23.1 Å². The van der Waals surface area contributed by atoms with Crippen molar-refractivity contribution in [2.24, 2.45) is 0 Å². The van der Waals surface area contributed by atoms with Crippen LogP contribution in [0.15, 0.2) is 53.6 Å². The molecule has 0 spiro atoms. The molecule has 2 heterocycles. The zero-order chi connectivity index (χ0) is 19.6. The lowest BCUT2D eigenvalue weighted by Crippen LogP contribution is -2.23. The summed E-state index contributed by atoms with van der Waals surface area (Å²) >= 11 is 0. The van der Waals surface area contributed by atoms with Crippen LogP contribution in [0.25, 0.3) is 5.69 Å². The number of aromatic nitrogens is 3. The second kappa shape index (κ2) is 7.06. The molecule has 0 fully saturated rings. The summed E-state index contributed by atoms with van der Waals surface area (Å²) in [7, 11) is 1.72. The van der Waals surface area contributed by atoms with Crippen LogP contribution in [0, 0.1) is 0 Å². The predicted molar refractivity (Wildman–Crippen MR) is 91.3 cm³/mol. The standard InChI is InChI=1S/C17H15F3N4O3/c1-21-14-8-11(6-7-22-14)9-23-10-15(25)24(16(23)26)12-2-4-13(5-3-12)27-17(18,19)20/h2-8,10,25H,9H2,1H3,(H,21,22). The van der Waals surface area contributed by atoms with Gasteiger partial charge in [0.05, 0.1) is 18.4 Å². The molecule has 0 saturated heterocycles. The normalized spacial score (nSPS) is 11.4. The highest BCUT2D eigenvalue weighted by molar-refractivity contribution is 5.40. The van der Waals surface area contributed by atoms with E-state index in [1.165, 1.54) is 22.9 Å². The highest BCUT2D eigenvalue weighted by Crippen LogP contribution is 2.24. The third-order valence-corrected chi connectivity index (χ3v) is 3.70. The fraction of sp³-hybridized carbons (Fsp3) is 0.176. The summed E-state index contributed by atoms with van der Waals surface area (Å²) in [5, 5.41) is 13.0. The highest BCUT2D eigenvalue weighted by Gasteiger charge is 2.31. The molecule has 142 valence electrons. The van der Waals surface area contributed by atoms with Crippen LogP contribution in [-0.4, -0.2) is 32.6 Å². The number of pyridine rings is 1. The Morgan fingerprint density at radius 2 is 1.93 bits per heavy atom. The first-order valence-corrected chi connectivity index (χ1v) is 7.77. The zero-order valence-electron chi connectivity index (χ0n) is 14.1. The molecular weight excluding hydrogens is 365 g/mol. The Hall–Kier alpha value is -3.43. The zero-order valence-corrected chi connectivity index (χ0v) is 14.1. The van der Waals surface area contributed by atoms with Crippen molar-refractivity contribution in [1.82, 2.24) is 14.1 Å². The number of nitrogens with one attached hydrogen (secondary N) is 1. The van der Waals surface area contributed by atoms with E-state index in [1.807, 2.05) is 0 Å². The van der Waals surface area contributed by atoms with Crippen molar-refractivity contribution in [3.05, 3.63) is 64.8 Å². The fourth-order valence-corrected chi connectivity index (χ4v) is 2.54. The Morgan fingerprint density at radius 3 is 2.56 bits per heavy atom. The molecule has 7 nitrogen and oxygen atoms in total. The maximum Gasteiger partial charge on any atom is 0.573 e. The first-order chi connectivity index (χ1) is 12.8. The van der Waals surface area contributed by atoms with E-state index in [-0.39, 0.29) is 18.1 Å². The third kappa shape index (κ3) is 4.22. The van der Waals surface area contributed by atoms with Gasteiger partial charge in [-0.3, -0.25) is 4.57 Å². The third-order valence-electron chi connectivity index (χ3n) is 3.70. The molecule has 27 heavy (non-hydrogen) atoms. The number of ether oxygens (including phenoxy) is 1. The minimum Gasteiger partial charge on any atom is -0.493 e. The first kappa shape index (κ1) is 18.4. The monoisotopic (exact) mass is 380 g/mol. The van der Waals surface area contributed by atoms with Crippen LogP contribution in [0.5, 0.6) is 11.6 Å². The van der Waals surface area contributed by atoms with Crippen LogP contribution >= 0.6 is 0 Å². The molecule has 2 aromatic heterocycles. The van der Waals surface area contributed by atoms with Gasteiger partial charge in [0.1, 0.15) is 11.6 Å². The molecule has 0 bridgehead atoms. The van der Waals surface area contributed by atoms with Gasteiger partial charge in [0.25, 0.3) is 0 Å². The van der Waals surface area contributed by atoms with E-state index < -0.39 is 17.8 Å². The molecule has 3 rings (SSSR count). The van der Waals surface area contributed by atoms with E-state index in [0.29, 0.717) is 5.82 Å². The number of aromatic hydroxyl groups is 1. The van der Waals surface area contributed by atoms with Crippen LogP contribution in [0.3, 0.4) is 0 Å². The van der Waals surface area contributed by atoms with E-state index in [2.05, 4.69) is 15.0 Å². The molecule has 2 N–H and O–H groups in total. The van der Waals surface area contributed by atoms with Gasteiger partial charge in [-0.15, -0.1) is 13.2 Å². The molecule has 0 amide bonds. The van der Waals surface area contributed by atoms with Gasteiger partial charge in [0.2, 0.25) is 5.88 Å². The fourth-order valence-electron chi connectivity index (χ4n) is 2.54. The van der Waals surface area contributed by atoms with Gasteiger partial charge in [-0.25, -0.2) is 14.3 Å². The lowest BCUT2D eigenvalue weighted by Gasteiger charge is -2.09. The Bertz CT molecular complexity index is 994. The molecule has 0 radical (unpaired) electrons. The number of anilines is 1. The quantitative estimate of drug-likeness (QED) is 0.711. The van der Waals surface area contributed by atoms with Gasteiger partial charge < -0.3 is 15.2 Å². The molecule has 0 unspecified atom stereocenters. The second-order valence-electron chi connectivity index (χ2n) is 5.57.